The lowest BCUT2D eigenvalue weighted by Crippen LogP contribution is -2.29. The number of hydrogen-bond acceptors (Lipinski definition) is 2. The number of nitrogens with one attached hydrogen (secondary N) is 1. The molecule has 0 saturated heterocycles. The van der Waals surface area contributed by atoms with Gasteiger partial charge in [0.15, 0.2) is 0 Å². The van der Waals surface area contributed by atoms with Gasteiger partial charge in [-0.1, -0.05) is 24.8 Å². The Balaban J connectivity index is 2.66. The van der Waals surface area contributed by atoms with Gasteiger partial charge in [0, 0.05) is 5.56 Å². The summed E-state index contributed by atoms with van der Waals surface area (Å²) in [5.74, 6) is -1.46. The van der Waals surface area contributed by atoms with E-state index in [4.69, 9.17) is 5.11 Å². The molecule has 2 N–H and O–H groups in total. The Hall–Kier alpha value is -2.10. The van der Waals surface area contributed by atoms with Crippen LogP contribution in [-0.2, 0) is 4.79 Å². The third-order valence-corrected chi connectivity index (χ3v) is 1.81. The number of hydrogen-bond donors (Lipinski definition) is 2. The van der Waals surface area contributed by atoms with Gasteiger partial charge in [-0.3, -0.25) is 9.59 Å². The van der Waals surface area contributed by atoms with Crippen LogP contribution >= 0.6 is 0 Å². The van der Waals surface area contributed by atoms with Crippen LogP contribution in [0.3, 0.4) is 0 Å². The Morgan fingerprint density at radius 1 is 1.33 bits per heavy atom. The topological polar surface area (TPSA) is 66.4 Å². The van der Waals surface area contributed by atoms with Gasteiger partial charge in [0.05, 0.1) is 0 Å². The first-order chi connectivity index (χ1) is 7.13. The molecule has 0 aromatic heterocycles. The van der Waals surface area contributed by atoms with E-state index in [0.717, 1.165) is 5.56 Å². The fourth-order valence-corrected chi connectivity index (χ4v) is 1.03. The summed E-state index contributed by atoms with van der Waals surface area (Å²) >= 11 is 0. The Morgan fingerprint density at radius 2 is 1.93 bits per heavy atom. The fourth-order valence-electron chi connectivity index (χ4n) is 1.03. The molecular weight excluding hydrogens is 194 g/mol. The smallest absolute Gasteiger partial charge is 0.322 e. The van der Waals surface area contributed by atoms with Crippen LogP contribution < -0.4 is 5.32 Å². The van der Waals surface area contributed by atoms with E-state index in [2.05, 4.69) is 11.9 Å². The predicted molar refractivity (Wildman–Crippen MR) is 56.5 cm³/mol. The molecule has 78 valence electrons. The lowest BCUT2D eigenvalue weighted by Gasteiger charge is -2.02. The Bertz CT molecular complexity index is 381. The number of amides is 1. The summed E-state index contributed by atoms with van der Waals surface area (Å²) in [5, 5.41) is 10.6. The third-order valence-electron chi connectivity index (χ3n) is 1.81. The van der Waals surface area contributed by atoms with Crippen molar-refractivity contribution in [2.24, 2.45) is 0 Å². The van der Waals surface area contributed by atoms with Gasteiger partial charge in [0.2, 0.25) is 0 Å². The molecule has 1 aromatic rings. The zero-order valence-electron chi connectivity index (χ0n) is 8.06. The first-order valence-corrected chi connectivity index (χ1v) is 4.36. The first-order valence-electron chi connectivity index (χ1n) is 4.36. The van der Waals surface area contributed by atoms with E-state index in [-0.39, 0.29) is 6.54 Å². The van der Waals surface area contributed by atoms with Crippen LogP contribution in [0.2, 0.25) is 0 Å². The largest absolute Gasteiger partial charge is 0.480 e. The monoisotopic (exact) mass is 205 g/mol. The summed E-state index contributed by atoms with van der Waals surface area (Å²) in [6.45, 7) is 3.21. The molecule has 0 atom stereocenters. The van der Waals surface area contributed by atoms with E-state index in [1.165, 1.54) is 0 Å². The van der Waals surface area contributed by atoms with Crippen molar-refractivity contribution < 1.29 is 14.7 Å². The van der Waals surface area contributed by atoms with Gasteiger partial charge in [-0.15, -0.1) is 0 Å². The quantitative estimate of drug-likeness (QED) is 0.774. The highest BCUT2D eigenvalue weighted by molar-refractivity contribution is 5.95. The van der Waals surface area contributed by atoms with Gasteiger partial charge in [0.25, 0.3) is 5.91 Å². The van der Waals surface area contributed by atoms with E-state index in [9.17, 15) is 9.59 Å². The summed E-state index contributed by atoms with van der Waals surface area (Å²) in [4.78, 5) is 21.6. The van der Waals surface area contributed by atoms with Gasteiger partial charge in [0.1, 0.15) is 6.54 Å². The maximum atomic E-state index is 11.3. The van der Waals surface area contributed by atoms with Crippen LogP contribution in [0.15, 0.2) is 30.8 Å². The van der Waals surface area contributed by atoms with Crippen molar-refractivity contribution in [1.82, 2.24) is 5.32 Å². The highest BCUT2D eigenvalue weighted by Gasteiger charge is 2.05. The van der Waals surface area contributed by atoms with Crippen LogP contribution in [0.4, 0.5) is 0 Å². The molecular formula is C11H11NO3. The van der Waals surface area contributed by atoms with Crippen LogP contribution in [-0.4, -0.2) is 23.5 Å². The minimum Gasteiger partial charge on any atom is -0.480 e. The first kappa shape index (κ1) is 11.0. The van der Waals surface area contributed by atoms with Crippen molar-refractivity contribution in [3.63, 3.8) is 0 Å². The fraction of sp³-hybridized carbons (Fsp3) is 0.0909. The summed E-state index contributed by atoms with van der Waals surface area (Å²) < 4.78 is 0. The van der Waals surface area contributed by atoms with Crippen molar-refractivity contribution in [2.45, 2.75) is 0 Å². The van der Waals surface area contributed by atoms with Crippen molar-refractivity contribution in [1.29, 1.82) is 0 Å². The van der Waals surface area contributed by atoms with Gasteiger partial charge >= 0.3 is 5.97 Å². The van der Waals surface area contributed by atoms with Crippen molar-refractivity contribution in [3.8, 4) is 0 Å². The Kier molecular flexibility index (Phi) is 3.62. The minimum absolute atomic E-state index is 0.373. The Labute approximate surface area is 87.2 Å². The van der Waals surface area contributed by atoms with E-state index >= 15 is 0 Å². The number of rotatable bonds is 4. The van der Waals surface area contributed by atoms with Gasteiger partial charge in [-0.2, -0.15) is 0 Å². The second kappa shape index (κ2) is 4.95. The zero-order chi connectivity index (χ0) is 11.3. The molecule has 0 heterocycles. The predicted octanol–water partition coefficient (Wildman–Crippen LogP) is 1.14. The Morgan fingerprint density at radius 3 is 2.40 bits per heavy atom. The molecule has 0 aliphatic rings. The summed E-state index contributed by atoms with van der Waals surface area (Å²) in [7, 11) is 0. The second-order valence-corrected chi connectivity index (χ2v) is 2.90. The van der Waals surface area contributed by atoms with Gasteiger partial charge < -0.3 is 10.4 Å². The molecule has 15 heavy (non-hydrogen) atoms. The average molecular weight is 205 g/mol. The minimum atomic E-state index is -1.06. The maximum absolute atomic E-state index is 11.3. The van der Waals surface area contributed by atoms with Crippen LogP contribution in [0, 0.1) is 0 Å². The van der Waals surface area contributed by atoms with Gasteiger partial charge in [-0.05, 0) is 17.7 Å². The van der Waals surface area contributed by atoms with E-state index in [1.807, 2.05) is 0 Å². The second-order valence-electron chi connectivity index (χ2n) is 2.90. The highest BCUT2D eigenvalue weighted by atomic mass is 16.4. The average Bonchev–Trinajstić information content (AvgIpc) is 2.26. The highest BCUT2D eigenvalue weighted by Crippen LogP contribution is 2.04. The summed E-state index contributed by atoms with van der Waals surface area (Å²) in [6, 6.07) is 6.72. The normalized spacial score (nSPS) is 9.33. The lowest BCUT2D eigenvalue weighted by atomic mass is 10.1. The number of carboxylic acid groups (broad SMARTS) is 1. The number of benzene rings is 1. The molecule has 0 fully saturated rings. The van der Waals surface area contributed by atoms with E-state index in [1.54, 1.807) is 30.3 Å². The van der Waals surface area contributed by atoms with Crippen LogP contribution in [0.1, 0.15) is 15.9 Å². The molecule has 1 rings (SSSR count). The van der Waals surface area contributed by atoms with E-state index < -0.39 is 11.9 Å². The summed E-state index contributed by atoms with van der Waals surface area (Å²) in [5.41, 5.74) is 1.34. The molecule has 1 amide bonds. The molecule has 0 unspecified atom stereocenters. The van der Waals surface area contributed by atoms with Crippen LogP contribution in [0.5, 0.6) is 0 Å². The molecule has 0 aliphatic carbocycles. The molecule has 4 nitrogen and oxygen atoms in total. The van der Waals surface area contributed by atoms with Crippen molar-refractivity contribution in [3.05, 3.63) is 42.0 Å². The van der Waals surface area contributed by atoms with E-state index in [0.29, 0.717) is 5.56 Å². The van der Waals surface area contributed by atoms with Crippen LogP contribution in [0.25, 0.3) is 6.08 Å². The molecule has 4 heteroatoms. The number of carbonyl (C=O) groups is 2. The molecule has 1 aromatic carbocycles. The summed E-state index contributed by atoms with van der Waals surface area (Å²) in [6.07, 6.45) is 1.67. The maximum Gasteiger partial charge on any atom is 0.322 e. The standard InChI is InChI=1S/C11H11NO3/c1-2-8-3-5-9(6-4-8)11(15)12-7-10(13)14/h2-6H,1,7H2,(H,12,15)(H,13,14). The molecule has 0 aliphatic heterocycles. The molecule has 0 radical (unpaired) electrons. The molecule has 0 bridgehead atoms. The molecule has 0 spiro atoms. The third kappa shape index (κ3) is 3.27. The SMILES string of the molecule is C=Cc1ccc(C(=O)NCC(=O)O)cc1. The van der Waals surface area contributed by atoms with Crippen molar-refractivity contribution >= 4 is 18.0 Å². The number of carbonyl (C=O) groups excluding carboxylic acids is 1. The number of aliphatic carboxylic acids is 1. The lowest BCUT2D eigenvalue weighted by molar-refractivity contribution is -0.135. The zero-order valence-corrected chi connectivity index (χ0v) is 8.06. The van der Waals surface area contributed by atoms with Gasteiger partial charge in [-0.25, -0.2) is 0 Å². The number of carboxylic acids is 1. The molecule has 0 saturated carbocycles. The van der Waals surface area contributed by atoms with Crippen molar-refractivity contribution in [2.75, 3.05) is 6.54 Å².